The highest BCUT2D eigenvalue weighted by Gasteiger charge is 2.25. The Balaban J connectivity index is 2.46. The highest BCUT2D eigenvalue weighted by Crippen LogP contribution is 2.34. The van der Waals surface area contributed by atoms with Crippen LogP contribution in [0.1, 0.15) is 0 Å². The van der Waals surface area contributed by atoms with Crippen molar-refractivity contribution in [2.75, 3.05) is 17.2 Å². The summed E-state index contributed by atoms with van der Waals surface area (Å²) in [5.74, 6) is 2.83. The van der Waals surface area contributed by atoms with Crippen LogP contribution in [-0.2, 0) is 4.79 Å². The number of amides is 1. The first-order chi connectivity index (χ1) is 7.22. The fourth-order valence-corrected chi connectivity index (χ4v) is 2.34. The zero-order valence-electron chi connectivity index (χ0n) is 7.74. The molecule has 76 valence electrons. The van der Waals surface area contributed by atoms with E-state index in [9.17, 15) is 4.79 Å². The lowest BCUT2D eigenvalue weighted by atomic mass is 10.3. The van der Waals surface area contributed by atoms with Crippen LogP contribution in [0.4, 0.5) is 5.69 Å². The molecule has 1 aromatic rings. The summed E-state index contributed by atoms with van der Waals surface area (Å²) in [5.41, 5.74) is 0.710. The van der Waals surface area contributed by atoms with Crippen LogP contribution in [-0.4, -0.2) is 23.2 Å². The van der Waals surface area contributed by atoms with Gasteiger partial charge in [0.1, 0.15) is 5.03 Å². The average molecular weight is 239 g/mol. The van der Waals surface area contributed by atoms with Gasteiger partial charge in [0, 0.05) is 6.20 Å². The van der Waals surface area contributed by atoms with Crippen LogP contribution in [0.2, 0.25) is 5.02 Å². The number of terminal acetylenes is 1. The number of rotatable bonds is 1. The number of nitrogens with zero attached hydrogens (tertiary/aromatic N) is 2. The molecule has 0 radical (unpaired) electrons. The van der Waals surface area contributed by atoms with Crippen LogP contribution in [0.15, 0.2) is 17.3 Å². The lowest BCUT2D eigenvalue weighted by Gasteiger charge is -2.26. The second-order valence-electron chi connectivity index (χ2n) is 2.95. The van der Waals surface area contributed by atoms with Gasteiger partial charge in [0.05, 0.1) is 23.0 Å². The van der Waals surface area contributed by atoms with Gasteiger partial charge in [-0.05, 0) is 6.07 Å². The van der Waals surface area contributed by atoms with Gasteiger partial charge in [0.25, 0.3) is 0 Å². The van der Waals surface area contributed by atoms with Crippen LogP contribution in [0.3, 0.4) is 0 Å². The number of hydrogen-bond acceptors (Lipinski definition) is 3. The Bertz CT molecular complexity index is 455. The van der Waals surface area contributed by atoms with E-state index in [1.165, 1.54) is 16.7 Å². The Morgan fingerprint density at radius 3 is 3.27 bits per heavy atom. The summed E-state index contributed by atoms with van der Waals surface area (Å²) in [6, 6.07) is 1.71. The van der Waals surface area contributed by atoms with E-state index in [2.05, 4.69) is 10.9 Å². The fourth-order valence-electron chi connectivity index (χ4n) is 1.33. The predicted octanol–water partition coefficient (Wildman–Crippen LogP) is 1.81. The quantitative estimate of drug-likeness (QED) is 0.700. The number of aromatic nitrogens is 1. The van der Waals surface area contributed by atoms with Crippen LogP contribution in [0, 0.1) is 12.3 Å². The molecule has 3 nitrogen and oxygen atoms in total. The highest BCUT2D eigenvalue weighted by atomic mass is 35.5. The Hall–Kier alpha value is -1.18. The van der Waals surface area contributed by atoms with Crippen molar-refractivity contribution < 1.29 is 4.79 Å². The Labute approximate surface area is 96.8 Å². The second kappa shape index (κ2) is 4.13. The van der Waals surface area contributed by atoms with E-state index >= 15 is 0 Å². The molecule has 5 heteroatoms. The molecule has 1 aliphatic heterocycles. The fraction of sp³-hybridized carbons (Fsp3) is 0.200. The molecule has 0 fully saturated rings. The molecule has 0 atom stereocenters. The number of carbonyl (C=O) groups is 1. The second-order valence-corrected chi connectivity index (χ2v) is 4.35. The Morgan fingerprint density at radius 2 is 2.53 bits per heavy atom. The number of hydrogen-bond donors (Lipinski definition) is 0. The molecule has 0 saturated carbocycles. The standard InChI is InChI=1S/C10H7ClN2OS/c1-2-3-13-8-4-7(11)5-12-10(8)15-6-9(13)14/h1,4-5H,3,6H2. The molecule has 0 saturated heterocycles. The first kappa shape index (κ1) is 10.3. The lowest BCUT2D eigenvalue weighted by molar-refractivity contribution is -0.116. The third-order valence-electron chi connectivity index (χ3n) is 1.97. The van der Waals surface area contributed by atoms with Crippen molar-refractivity contribution in [3.8, 4) is 12.3 Å². The molecule has 15 heavy (non-hydrogen) atoms. The number of thioether (sulfide) groups is 1. The van der Waals surface area contributed by atoms with Crippen molar-refractivity contribution in [3.63, 3.8) is 0 Å². The molecule has 0 aliphatic carbocycles. The number of pyridine rings is 1. The van der Waals surface area contributed by atoms with Crippen LogP contribution in [0.25, 0.3) is 0 Å². The van der Waals surface area contributed by atoms with Gasteiger partial charge in [0.2, 0.25) is 5.91 Å². The Morgan fingerprint density at radius 1 is 1.73 bits per heavy atom. The van der Waals surface area contributed by atoms with Crippen LogP contribution in [0.5, 0.6) is 0 Å². The van der Waals surface area contributed by atoms with Gasteiger partial charge in [0.15, 0.2) is 0 Å². The number of carbonyl (C=O) groups excluding carboxylic acids is 1. The maximum Gasteiger partial charge on any atom is 0.238 e. The molecule has 0 spiro atoms. The van der Waals surface area contributed by atoms with Crippen molar-refractivity contribution in [2.24, 2.45) is 0 Å². The van der Waals surface area contributed by atoms with Crippen molar-refractivity contribution in [1.82, 2.24) is 4.98 Å². The summed E-state index contributed by atoms with van der Waals surface area (Å²) in [5, 5.41) is 1.31. The van der Waals surface area contributed by atoms with Gasteiger partial charge in [-0.3, -0.25) is 9.69 Å². The van der Waals surface area contributed by atoms with E-state index < -0.39 is 0 Å². The van der Waals surface area contributed by atoms with Gasteiger partial charge >= 0.3 is 0 Å². The molecular formula is C10H7ClN2OS. The summed E-state index contributed by atoms with van der Waals surface area (Å²) in [6.45, 7) is 0.258. The summed E-state index contributed by atoms with van der Waals surface area (Å²) >= 11 is 7.23. The van der Waals surface area contributed by atoms with Crippen molar-refractivity contribution >= 4 is 35.0 Å². The summed E-state index contributed by atoms with van der Waals surface area (Å²) in [6.07, 6.45) is 6.78. The van der Waals surface area contributed by atoms with Gasteiger partial charge in [-0.15, -0.1) is 6.42 Å². The smallest absolute Gasteiger partial charge is 0.238 e. The zero-order valence-corrected chi connectivity index (χ0v) is 9.31. The van der Waals surface area contributed by atoms with Crippen molar-refractivity contribution in [2.45, 2.75) is 5.03 Å². The largest absolute Gasteiger partial charge is 0.297 e. The zero-order chi connectivity index (χ0) is 10.8. The normalized spacial score (nSPS) is 14.7. The molecule has 0 aromatic carbocycles. The minimum Gasteiger partial charge on any atom is -0.297 e. The SMILES string of the molecule is C#CCN1C(=O)CSc2ncc(Cl)cc21. The lowest BCUT2D eigenvalue weighted by Crippen LogP contribution is -2.35. The molecule has 0 unspecified atom stereocenters. The van der Waals surface area contributed by atoms with Crippen molar-refractivity contribution in [3.05, 3.63) is 17.3 Å². The van der Waals surface area contributed by atoms with Crippen molar-refractivity contribution in [1.29, 1.82) is 0 Å². The maximum absolute atomic E-state index is 11.6. The molecule has 2 heterocycles. The van der Waals surface area contributed by atoms with E-state index in [0.29, 0.717) is 16.5 Å². The minimum absolute atomic E-state index is 0.00508. The third kappa shape index (κ3) is 1.94. The molecule has 2 rings (SSSR count). The molecule has 1 aromatic heterocycles. The summed E-state index contributed by atoms with van der Waals surface area (Å²) in [7, 11) is 0. The molecule has 1 aliphatic rings. The number of halogens is 1. The van der Waals surface area contributed by atoms with E-state index in [1.54, 1.807) is 12.3 Å². The molecule has 0 N–H and O–H groups in total. The average Bonchev–Trinajstić information content (AvgIpc) is 2.23. The molecule has 0 bridgehead atoms. The highest BCUT2D eigenvalue weighted by molar-refractivity contribution is 8.00. The monoisotopic (exact) mass is 238 g/mol. The predicted molar refractivity (Wildman–Crippen MR) is 61.2 cm³/mol. The van der Waals surface area contributed by atoms with E-state index in [-0.39, 0.29) is 12.5 Å². The maximum atomic E-state index is 11.6. The summed E-state index contributed by atoms with van der Waals surface area (Å²) in [4.78, 5) is 17.3. The summed E-state index contributed by atoms with van der Waals surface area (Å²) < 4.78 is 0. The topological polar surface area (TPSA) is 33.2 Å². The van der Waals surface area contributed by atoms with E-state index in [0.717, 1.165) is 5.03 Å². The van der Waals surface area contributed by atoms with Gasteiger partial charge < -0.3 is 0 Å². The van der Waals surface area contributed by atoms with E-state index in [1.807, 2.05) is 0 Å². The first-order valence-corrected chi connectivity index (χ1v) is 5.61. The van der Waals surface area contributed by atoms with E-state index in [4.69, 9.17) is 18.0 Å². The minimum atomic E-state index is -0.00508. The van der Waals surface area contributed by atoms with Crippen LogP contribution < -0.4 is 4.90 Å². The van der Waals surface area contributed by atoms with Crippen LogP contribution >= 0.6 is 23.4 Å². The Kier molecular flexibility index (Phi) is 2.85. The van der Waals surface area contributed by atoms with Gasteiger partial charge in [-0.2, -0.15) is 0 Å². The first-order valence-electron chi connectivity index (χ1n) is 4.24. The molecule has 1 amide bonds. The molecular weight excluding hydrogens is 232 g/mol. The number of fused-ring (bicyclic) bond motifs is 1. The van der Waals surface area contributed by atoms with Gasteiger partial charge in [-0.25, -0.2) is 4.98 Å². The van der Waals surface area contributed by atoms with Gasteiger partial charge in [-0.1, -0.05) is 29.3 Å². The number of anilines is 1. The third-order valence-corrected chi connectivity index (χ3v) is 3.16.